The van der Waals surface area contributed by atoms with Crippen LogP contribution in [-0.4, -0.2) is 110 Å². The molecule has 0 aliphatic carbocycles. The van der Waals surface area contributed by atoms with Crippen molar-refractivity contribution < 1.29 is 38.1 Å². The SMILES string of the molecule is COc1cc(-c2cn(C)c(=O)c3cnc(N(C)C)cc23)cc(OC)c1CN1CCC=C(C2(COc3ccc4c(c3)C(=O)N(C3CCC(=O)NC3=O)C4=O)COC2)CC1. The molecule has 6 heterocycles. The van der Waals surface area contributed by atoms with E-state index in [0.717, 1.165) is 58.7 Å². The third-order valence-electron chi connectivity index (χ3n) is 11.7. The molecule has 15 heteroatoms. The first-order valence-electron chi connectivity index (χ1n) is 19.3. The molecule has 2 aromatic heterocycles. The molecule has 2 aromatic carbocycles. The lowest BCUT2D eigenvalue weighted by Crippen LogP contribution is -2.54. The molecule has 302 valence electrons. The second-order valence-corrected chi connectivity index (χ2v) is 15.6. The highest BCUT2D eigenvalue weighted by Crippen LogP contribution is 2.42. The number of methoxy groups -OCH3 is 2. The zero-order valence-electron chi connectivity index (χ0n) is 33.3. The average Bonchev–Trinajstić information content (AvgIpc) is 3.31. The number of fused-ring (bicyclic) bond motifs is 2. The van der Waals surface area contributed by atoms with Gasteiger partial charge in [-0.25, -0.2) is 4.98 Å². The number of aryl methyl sites for hydroxylation is 1. The van der Waals surface area contributed by atoms with Gasteiger partial charge in [0.05, 0.1) is 54.9 Å². The van der Waals surface area contributed by atoms with Crippen molar-refractivity contribution >= 4 is 40.2 Å². The topological polar surface area (TPSA) is 162 Å². The second kappa shape index (κ2) is 15.4. The maximum Gasteiger partial charge on any atom is 0.262 e. The number of piperidine rings is 1. The Morgan fingerprint density at radius 1 is 0.914 bits per heavy atom. The normalized spacial score (nSPS) is 19.3. The number of amides is 4. The van der Waals surface area contributed by atoms with Gasteiger partial charge in [-0.2, -0.15) is 0 Å². The fourth-order valence-electron chi connectivity index (χ4n) is 8.37. The van der Waals surface area contributed by atoms with Gasteiger partial charge in [0.15, 0.2) is 0 Å². The van der Waals surface area contributed by atoms with Gasteiger partial charge in [-0.15, -0.1) is 0 Å². The Kier molecular flexibility index (Phi) is 10.3. The number of carbonyl (C=O) groups is 4. The predicted molar refractivity (Wildman–Crippen MR) is 214 cm³/mol. The van der Waals surface area contributed by atoms with Crippen LogP contribution in [0.4, 0.5) is 5.82 Å². The number of ether oxygens (including phenoxy) is 4. The minimum atomic E-state index is -1.03. The molecule has 4 amide bonds. The van der Waals surface area contributed by atoms with Crippen molar-refractivity contribution in [1.82, 2.24) is 24.7 Å². The molecule has 0 radical (unpaired) electrons. The predicted octanol–water partition coefficient (Wildman–Crippen LogP) is 3.70. The highest BCUT2D eigenvalue weighted by molar-refractivity contribution is 6.23. The number of nitrogens with zero attached hydrogens (tertiary/aromatic N) is 5. The van der Waals surface area contributed by atoms with Gasteiger partial charge >= 0.3 is 0 Å². The van der Waals surface area contributed by atoms with Crippen molar-refractivity contribution in [3.05, 3.63) is 87.5 Å². The molecule has 0 saturated carbocycles. The summed E-state index contributed by atoms with van der Waals surface area (Å²) in [4.78, 5) is 73.5. The summed E-state index contributed by atoms with van der Waals surface area (Å²) in [7, 11) is 8.87. The molecule has 8 rings (SSSR count). The molecule has 2 fully saturated rings. The smallest absolute Gasteiger partial charge is 0.262 e. The summed E-state index contributed by atoms with van der Waals surface area (Å²) < 4.78 is 25.6. The largest absolute Gasteiger partial charge is 0.496 e. The van der Waals surface area contributed by atoms with Gasteiger partial charge in [-0.05, 0) is 61.2 Å². The van der Waals surface area contributed by atoms with Crippen LogP contribution in [0.3, 0.4) is 0 Å². The quantitative estimate of drug-likeness (QED) is 0.174. The minimum absolute atomic E-state index is 0.0551. The molecule has 0 bridgehead atoms. The fourth-order valence-corrected chi connectivity index (χ4v) is 8.37. The first-order chi connectivity index (χ1) is 27.9. The second-order valence-electron chi connectivity index (χ2n) is 15.6. The first kappa shape index (κ1) is 38.8. The molecule has 1 unspecified atom stereocenters. The van der Waals surface area contributed by atoms with Gasteiger partial charge < -0.3 is 28.4 Å². The summed E-state index contributed by atoms with van der Waals surface area (Å²) in [6, 6.07) is 9.68. The third kappa shape index (κ3) is 6.87. The number of rotatable bonds is 11. The molecule has 4 aromatic rings. The molecule has 58 heavy (non-hydrogen) atoms. The van der Waals surface area contributed by atoms with E-state index in [1.807, 2.05) is 43.4 Å². The Bertz CT molecular complexity index is 2430. The number of aromatic nitrogens is 2. The van der Waals surface area contributed by atoms with Crippen LogP contribution in [0.5, 0.6) is 17.2 Å². The minimum Gasteiger partial charge on any atom is -0.496 e. The molecule has 2 saturated heterocycles. The molecular weight excluding hydrogens is 745 g/mol. The number of carbonyl (C=O) groups excluding carboxylic acids is 4. The third-order valence-corrected chi connectivity index (χ3v) is 11.7. The van der Waals surface area contributed by atoms with Crippen molar-refractivity contribution in [2.75, 3.05) is 66.1 Å². The number of anilines is 1. The lowest BCUT2D eigenvalue weighted by atomic mass is 9.77. The van der Waals surface area contributed by atoms with Gasteiger partial charge in [-0.3, -0.25) is 39.1 Å². The van der Waals surface area contributed by atoms with Crippen LogP contribution in [0, 0.1) is 5.41 Å². The van der Waals surface area contributed by atoms with E-state index in [2.05, 4.69) is 21.3 Å². The number of benzene rings is 2. The maximum absolute atomic E-state index is 13.4. The van der Waals surface area contributed by atoms with Gasteiger partial charge in [0.2, 0.25) is 11.8 Å². The Hall–Kier alpha value is -6.06. The van der Waals surface area contributed by atoms with E-state index in [4.69, 9.17) is 18.9 Å². The molecule has 1 N–H and O–H groups in total. The lowest BCUT2D eigenvalue weighted by molar-refractivity contribution is -0.136. The van der Waals surface area contributed by atoms with Gasteiger partial charge in [0.1, 0.15) is 35.7 Å². The van der Waals surface area contributed by atoms with Crippen LogP contribution >= 0.6 is 0 Å². The van der Waals surface area contributed by atoms with Crippen molar-refractivity contribution in [3.8, 4) is 28.4 Å². The zero-order chi connectivity index (χ0) is 40.9. The van der Waals surface area contributed by atoms with Gasteiger partial charge in [0.25, 0.3) is 17.4 Å². The van der Waals surface area contributed by atoms with Crippen molar-refractivity contribution in [1.29, 1.82) is 0 Å². The number of hydrogen-bond donors (Lipinski definition) is 1. The van der Waals surface area contributed by atoms with E-state index in [1.54, 1.807) is 50.2 Å². The van der Waals surface area contributed by atoms with Crippen molar-refractivity contribution in [2.24, 2.45) is 12.5 Å². The Morgan fingerprint density at radius 3 is 2.33 bits per heavy atom. The van der Waals surface area contributed by atoms with Crippen LogP contribution in [0.1, 0.15) is 52.0 Å². The molecular formula is C43H46N6O9. The molecule has 4 aliphatic rings. The van der Waals surface area contributed by atoms with E-state index < -0.39 is 29.7 Å². The van der Waals surface area contributed by atoms with E-state index in [-0.39, 0.29) is 34.9 Å². The summed E-state index contributed by atoms with van der Waals surface area (Å²) in [5.41, 5.74) is 3.80. The summed E-state index contributed by atoms with van der Waals surface area (Å²) >= 11 is 0. The zero-order valence-corrected chi connectivity index (χ0v) is 33.3. The monoisotopic (exact) mass is 790 g/mol. The van der Waals surface area contributed by atoms with Crippen LogP contribution in [0.25, 0.3) is 21.9 Å². The standard InChI is InChI=1S/C43H46N6O9/c1-46(2)37-18-29-31(19-44-37)40(52)47(3)20-32(29)25-15-35(55-4)33(36(16-25)56-5)21-48-13-6-7-26(12-14-48)43(22-57-23-43)24-58-27-8-9-28-30(17-27)42(54)49(41(28)53)34-10-11-38(50)45-39(34)51/h7-9,15-20,34H,6,10-14,21-24H2,1-5H3,(H,45,50,51). The summed E-state index contributed by atoms with van der Waals surface area (Å²) in [5.74, 6) is 0.346. The highest BCUT2D eigenvalue weighted by atomic mass is 16.5. The highest BCUT2D eigenvalue weighted by Gasteiger charge is 2.46. The molecule has 1 atom stereocenters. The van der Waals surface area contributed by atoms with E-state index in [1.165, 1.54) is 5.57 Å². The summed E-state index contributed by atoms with van der Waals surface area (Å²) in [6.45, 7) is 3.50. The first-order valence-corrected chi connectivity index (χ1v) is 19.3. The number of nitrogens with one attached hydrogen (secondary N) is 1. The Morgan fingerprint density at radius 2 is 1.66 bits per heavy atom. The van der Waals surface area contributed by atoms with Crippen LogP contribution in [-0.2, 0) is 27.9 Å². The number of pyridine rings is 2. The Labute approximate surface area is 335 Å². The van der Waals surface area contributed by atoms with Crippen molar-refractivity contribution in [2.45, 2.75) is 38.3 Å². The van der Waals surface area contributed by atoms with E-state index in [0.29, 0.717) is 49.0 Å². The van der Waals surface area contributed by atoms with E-state index >= 15 is 0 Å². The summed E-state index contributed by atoms with van der Waals surface area (Å²) in [6.07, 6.45) is 7.51. The lowest BCUT2D eigenvalue weighted by Gasteiger charge is -2.43. The van der Waals surface area contributed by atoms with E-state index in [9.17, 15) is 24.0 Å². The fraction of sp³-hybridized carbons (Fsp3) is 0.395. The number of imide groups is 2. The van der Waals surface area contributed by atoms with Gasteiger partial charge in [0, 0.05) is 70.5 Å². The number of hydrogen-bond acceptors (Lipinski definition) is 12. The average molecular weight is 791 g/mol. The molecule has 4 aliphatic heterocycles. The van der Waals surface area contributed by atoms with Crippen molar-refractivity contribution in [3.63, 3.8) is 0 Å². The van der Waals surface area contributed by atoms with Crippen LogP contribution in [0.2, 0.25) is 0 Å². The molecule has 0 spiro atoms. The Balaban J connectivity index is 0.965. The van der Waals surface area contributed by atoms with Crippen LogP contribution in [0.15, 0.2) is 65.2 Å². The maximum atomic E-state index is 13.4. The van der Waals surface area contributed by atoms with Crippen LogP contribution < -0.4 is 30.0 Å². The molecule has 15 nitrogen and oxygen atoms in total. The van der Waals surface area contributed by atoms with Gasteiger partial charge in [-0.1, -0.05) is 11.6 Å². The summed E-state index contributed by atoms with van der Waals surface area (Å²) in [5, 5.41) is 3.54.